The molecule has 4 aliphatic carbocycles. The number of anilines is 1. The Morgan fingerprint density at radius 1 is 0.437 bits per heavy atom. The van der Waals surface area contributed by atoms with Gasteiger partial charge in [0.15, 0.2) is 0 Å². The van der Waals surface area contributed by atoms with Crippen LogP contribution in [0.2, 0.25) is 0 Å². The Kier molecular flexibility index (Phi) is 31.1. The predicted octanol–water partition coefficient (Wildman–Crippen LogP) is 24.4. The molecule has 10 atom stereocenters. The number of fused-ring (bicyclic) bond motifs is 7. The Morgan fingerprint density at radius 3 is 1.46 bits per heavy atom. The van der Waals surface area contributed by atoms with Gasteiger partial charge >= 0.3 is 0 Å². The minimum Gasteiger partial charge on any atom is -0.369 e. The lowest BCUT2D eigenvalue weighted by atomic mass is 9.72. The monoisotopic (exact) mass is 1420 g/mol. The minimum atomic E-state index is 0.547. The number of hydrogen-bond donors (Lipinski definition) is 0. The van der Waals surface area contributed by atoms with Gasteiger partial charge in [-0.2, -0.15) is 0 Å². The molecule has 0 N–H and O–H groups in total. The third kappa shape index (κ3) is 21.7. The summed E-state index contributed by atoms with van der Waals surface area (Å²) in [4.78, 5) is 22.0. The molecule has 5 aromatic rings. The summed E-state index contributed by atoms with van der Waals surface area (Å²) in [5, 5.41) is 1.29. The fourth-order valence-electron chi connectivity index (χ4n) is 18.8. The molecule has 0 spiro atoms. The lowest BCUT2D eigenvalue weighted by molar-refractivity contribution is 0.0532. The molecule has 0 amide bonds. The highest BCUT2D eigenvalue weighted by molar-refractivity contribution is 7.17. The topological polar surface area (TPSA) is 42.0 Å². The van der Waals surface area contributed by atoms with Crippen molar-refractivity contribution in [2.75, 3.05) is 50.7 Å². The van der Waals surface area contributed by atoms with E-state index in [1.54, 1.807) is 11.3 Å². The number of pyridine rings is 1. The van der Waals surface area contributed by atoms with Crippen LogP contribution in [-0.2, 0) is 6.42 Å². The van der Waals surface area contributed by atoms with Crippen molar-refractivity contribution >= 4 is 38.1 Å². The molecule has 2 saturated carbocycles. The van der Waals surface area contributed by atoms with Crippen LogP contribution in [0.5, 0.6) is 0 Å². The van der Waals surface area contributed by atoms with Crippen LogP contribution in [-0.4, -0.2) is 118 Å². The van der Waals surface area contributed by atoms with E-state index >= 15 is 0 Å². The van der Waals surface area contributed by atoms with Crippen LogP contribution >= 0.6 is 11.3 Å². The highest BCUT2D eigenvalue weighted by Crippen LogP contribution is 2.57. The summed E-state index contributed by atoms with van der Waals surface area (Å²) in [7, 11) is 0. The molecule has 7 heterocycles. The van der Waals surface area contributed by atoms with Gasteiger partial charge in [0.1, 0.15) is 0 Å². The molecule has 103 heavy (non-hydrogen) atoms. The molecule has 9 aliphatic rings. The molecule has 5 aliphatic heterocycles. The normalized spacial score (nSPS) is 26.3. The van der Waals surface area contributed by atoms with E-state index in [4.69, 9.17) is 0 Å². The van der Waals surface area contributed by atoms with Crippen LogP contribution in [0.15, 0.2) is 115 Å². The molecule has 14 rings (SSSR count). The standard InChI is InChI=1S/C15H23N.C15H19N.2C15H25N.C13H17NS.2C11H21N/c1-11(2)14-8-7-13-6-5-9-16(12(3)4)15(13)10-14;1-10(2)12-8-14(11(3)4)13-6-5-7-16-15(13)9-12;1-11(2)14-9-13-7-5-6-8-15(13)16(10-14)12(3)4;1-11(2)13-9-10-16(12(3)4)15-8-6-5-7-14(13)15;1-8(2)10-5-11(9(3)4)13-12(6-10)14-7-15-13;2*1-7(2)11-9-5-12(8(3)4)6-10(9)11/h7-8,10-12H,5-6,9H2,1-4H3;5-11H,1-4H3;2*5-8,11-15H,9-10H2,1-4H3;5-9H,1-4H3;2*7-11H,5-6H2,1-4H3. The van der Waals surface area contributed by atoms with Gasteiger partial charge in [0.25, 0.3) is 0 Å². The van der Waals surface area contributed by atoms with E-state index in [2.05, 4.69) is 325 Å². The molecular formula is C95H151N7S. The van der Waals surface area contributed by atoms with Gasteiger partial charge in [-0.05, 0) is 272 Å². The predicted molar refractivity (Wildman–Crippen MR) is 454 cm³/mol. The van der Waals surface area contributed by atoms with Gasteiger partial charge in [0.05, 0.1) is 21.2 Å². The van der Waals surface area contributed by atoms with Gasteiger partial charge in [-0.1, -0.05) is 204 Å². The van der Waals surface area contributed by atoms with Crippen LogP contribution < -0.4 is 4.90 Å². The average molecular weight is 1420 g/mol. The van der Waals surface area contributed by atoms with Crippen molar-refractivity contribution < 1.29 is 0 Å². The van der Waals surface area contributed by atoms with Crippen LogP contribution in [0, 0.1) is 82.9 Å². The Balaban J connectivity index is 0.000000153. The third-order valence-electron chi connectivity index (χ3n) is 25.5. The van der Waals surface area contributed by atoms with E-state index in [0.717, 1.165) is 106 Å². The highest BCUT2D eigenvalue weighted by atomic mass is 32.1. The number of nitrogens with zero attached hydrogens (tertiary/aromatic N) is 7. The molecule has 0 radical (unpaired) electrons. The second-order valence-electron chi connectivity index (χ2n) is 37.3. The molecule has 6 fully saturated rings. The zero-order valence-corrected chi connectivity index (χ0v) is 71.6. The first-order chi connectivity index (χ1) is 48.7. The van der Waals surface area contributed by atoms with Gasteiger partial charge in [0, 0.05) is 98.8 Å². The number of aromatic nitrogens is 2. The maximum Gasteiger partial charge on any atom is 0.0817 e. The molecule has 0 bridgehead atoms. The summed E-state index contributed by atoms with van der Waals surface area (Å²) in [6.45, 7) is 73.8. The van der Waals surface area contributed by atoms with Gasteiger partial charge in [-0.25, -0.2) is 4.98 Å². The van der Waals surface area contributed by atoms with Crippen molar-refractivity contribution in [3.63, 3.8) is 0 Å². The van der Waals surface area contributed by atoms with E-state index in [1.807, 2.05) is 17.8 Å². The highest BCUT2D eigenvalue weighted by Gasteiger charge is 2.57. The minimum absolute atomic E-state index is 0.547. The van der Waals surface area contributed by atoms with Gasteiger partial charge in [0.2, 0.25) is 0 Å². The molecule has 7 nitrogen and oxygen atoms in total. The summed E-state index contributed by atoms with van der Waals surface area (Å²) in [6.07, 6.45) is 25.7. The van der Waals surface area contributed by atoms with Crippen LogP contribution in [0.3, 0.4) is 0 Å². The van der Waals surface area contributed by atoms with Gasteiger partial charge < -0.3 is 14.7 Å². The van der Waals surface area contributed by atoms with Crippen molar-refractivity contribution in [2.24, 2.45) is 82.9 Å². The smallest absolute Gasteiger partial charge is 0.0817 e. The lowest BCUT2D eigenvalue weighted by Crippen LogP contribution is -2.51. The van der Waals surface area contributed by atoms with Crippen LogP contribution in [0.1, 0.15) is 276 Å². The summed E-state index contributed by atoms with van der Waals surface area (Å²) in [6, 6.07) is 25.1. The Bertz CT molecular complexity index is 3410. The van der Waals surface area contributed by atoms with E-state index in [0.29, 0.717) is 59.8 Å². The SMILES string of the molecule is CC(C)C1C2CN(C(C)C)CC21.CC(C)C1C2CN(C(C)C)CC21.CC(C)C1CC2C=CC=CC2N(C(C)C)C1.CC(C)C1CCN(C(C)C)C2C=CC=CC12.CC(C)c1cc(C(C)C)c2cccnc2c1.CC(C)c1cc(C(C)C)c2scnc2c1.CC(C)c1ccc2c(c1)N(C(C)C)CCC2. The average Bonchev–Trinajstić information content (AvgIpc) is 1.58. The summed E-state index contributed by atoms with van der Waals surface area (Å²) in [5.41, 5.74) is 14.3. The number of aryl methyl sites for hydroxylation is 1. The first-order valence-electron chi connectivity index (χ1n) is 42.0. The summed E-state index contributed by atoms with van der Waals surface area (Å²) >= 11 is 1.75. The maximum absolute atomic E-state index is 4.47. The third-order valence-corrected chi connectivity index (χ3v) is 26.3. The van der Waals surface area contributed by atoms with E-state index in [1.165, 1.54) is 121 Å². The van der Waals surface area contributed by atoms with Gasteiger partial charge in [-0.15, -0.1) is 11.3 Å². The Labute approximate surface area is 637 Å². The summed E-state index contributed by atoms with van der Waals surface area (Å²) < 4.78 is 1.36. The van der Waals surface area contributed by atoms with E-state index in [9.17, 15) is 0 Å². The number of piperidine rings is 4. The molecule has 10 unspecified atom stereocenters. The fourth-order valence-corrected chi connectivity index (χ4v) is 19.7. The number of likely N-dealkylation sites (tertiary alicyclic amines) is 4. The molecular weight excluding hydrogens is 1270 g/mol. The van der Waals surface area contributed by atoms with Crippen LogP contribution in [0.4, 0.5) is 5.69 Å². The first kappa shape index (κ1) is 84.2. The molecule has 2 aromatic heterocycles. The van der Waals surface area contributed by atoms with Crippen molar-refractivity contribution in [3.8, 4) is 0 Å². The van der Waals surface area contributed by atoms with E-state index < -0.39 is 0 Å². The maximum atomic E-state index is 4.47. The number of allylic oxidation sites excluding steroid dienone is 4. The van der Waals surface area contributed by atoms with Crippen molar-refractivity contribution in [3.05, 3.63) is 148 Å². The number of hydrogen-bond acceptors (Lipinski definition) is 8. The van der Waals surface area contributed by atoms with Crippen molar-refractivity contribution in [2.45, 2.75) is 291 Å². The van der Waals surface area contributed by atoms with Gasteiger partial charge in [-0.3, -0.25) is 14.8 Å². The molecule has 4 saturated heterocycles. The van der Waals surface area contributed by atoms with E-state index in [-0.39, 0.29) is 0 Å². The Hall–Kier alpha value is -4.44. The second-order valence-corrected chi connectivity index (χ2v) is 38.1. The number of thiazole rings is 1. The quantitative estimate of drug-likeness (QED) is 0.110. The molecule has 3 aromatic carbocycles. The van der Waals surface area contributed by atoms with Crippen LogP contribution in [0.25, 0.3) is 21.1 Å². The zero-order chi connectivity index (χ0) is 75.6. The zero-order valence-electron chi connectivity index (χ0n) is 70.8. The summed E-state index contributed by atoms with van der Waals surface area (Å²) in [5.74, 6) is 15.9. The molecule has 572 valence electrons. The first-order valence-corrected chi connectivity index (χ1v) is 42.9. The second kappa shape index (κ2) is 38.1. The van der Waals surface area contributed by atoms with Crippen molar-refractivity contribution in [1.82, 2.24) is 29.6 Å². The number of rotatable bonds is 14. The largest absolute Gasteiger partial charge is 0.369 e. The van der Waals surface area contributed by atoms with Crippen molar-refractivity contribution in [1.29, 1.82) is 0 Å². The molecule has 8 heteroatoms. The number of benzene rings is 3. The fraction of sp³-hybridized carbons (Fsp3) is 0.684. The Morgan fingerprint density at radius 2 is 0.961 bits per heavy atom. The lowest BCUT2D eigenvalue weighted by Gasteiger charge is -2.47.